The Morgan fingerprint density at radius 1 is 0.786 bits per heavy atom. The Labute approximate surface area is 173 Å². The van der Waals surface area contributed by atoms with Gasteiger partial charge < -0.3 is 9.84 Å². The number of carbonyl (C=O) groups excluding carboxylic acids is 1. The van der Waals surface area contributed by atoms with Crippen molar-refractivity contribution in [3.05, 3.63) is 60.3 Å². The zero-order chi connectivity index (χ0) is 21.9. The molecule has 0 bridgehead atoms. The van der Waals surface area contributed by atoms with Crippen molar-refractivity contribution in [3.63, 3.8) is 0 Å². The van der Waals surface area contributed by atoms with Crippen LogP contribution in [0.15, 0.2) is 60.3 Å². The van der Waals surface area contributed by atoms with Crippen molar-refractivity contribution < 1.29 is 14.6 Å². The molecule has 0 aliphatic carbocycles. The lowest BCUT2D eigenvalue weighted by Crippen LogP contribution is -2.03. The van der Waals surface area contributed by atoms with Crippen molar-refractivity contribution in [2.45, 2.75) is 79.1 Å². The summed E-state index contributed by atoms with van der Waals surface area (Å²) in [5, 5.41) is 8.57. The molecule has 0 rings (SSSR count). The predicted octanol–water partition coefficient (Wildman–Crippen LogP) is 6.86. The van der Waals surface area contributed by atoms with Crippen LogP contribution in [0.1, 0.15) is 79.1 Å². The summed E-state index contributed by atoms with van der Waals surface area (Å²) >= 11 is 0. The van der Waals surface area contributed by atoms with Crippen molar-refractivity contribution >= 4 is 5.97 Å². The third-order valence-corrected chi connectivity index (χ3v) is 3.84. The fraction of sp³-hybridized carbons (Fsp3) is 0.560. The van der Waals surface area contributed by atoms with Gasteiger partial charge in [-0.3, -0.25) is 0 Å². The molecule has 28 heavy (non-hydrogen) atoms. The van der Waals surface area contributed by atoms with E-state index in [1.54, 1.807) is 0 Å². The van der Waals surface area contributed by atoms with E-state index in [1.807, 2.05) is 27.7 Å². The van der Waals surface area contributed by atoms with Gasteiger partial charge in [0.15, 0.2) is 0 Å². The highest BCUT2D eigenvalue weighted by Gasteiger charge is 2.00. The first-order chi connectivity index (χ1) is 13.1. The van der Waals surface area contributed by atoms with Crippen molar-refractivity contribution in [1.29, 1.82) is 0 Å². The number of rotatable bonds is 14. The van der Waals surface area contributed by atoms with E-state index in [1.165, 1.54) is 17.2 Å². The van der Waals surface area contributed by atoms with Gasteiger partial charge in [-0.25, -0.2) is 4.79 Å². The molecule has 0 aliphatic heterocycles. The minimum absolute atomic E-state index is 0.228. The molecule has 3 heteroatoms. The van der Waals surface area contributed by atoms with Crippen LogP contribution in [0.5, 0.6) is 0 Å². The standard InChI is InChI=1S/C15H24O2.C10H18O/c1-12(2)7-6-8-14(5)9-10-17-15(16)11-13(3)4;1-9(2)5-4-6-10(3)7-8-11/h11H,1,5-10H2,2-4H3;11H,1,3-8H2,2H3. The molecule has 1 N–H and O–H groups in total. The van der Waals surface area contributed by atoms with Crippen LogP contribution >= 0.6 is 0 Å². The Hall–Kier alpha value is -1.87. The van der Waals surface area contributed by atoms with Crippen LogP contribution in [-0.4, -0.2) is 24.3 Å². The number of hydrogen-bond donors (Lipinski definition) is 1. The zero-order valence-corrected chi connectivity index (χ0v) is 18.7. The maximum Gasteiger partial charge on any atom is 0.330 e. The molecule has 0 aromatic carbocycles. The minimum Gasteiger partial charge on any atom is -0.462 e. The summed E-state index contributed by atoms with van der Waals surface area (Å²) < 4.78 is 5.06. The van der Waals surface area contributed by atoms with Gasteiger partial charge in [0.1, 0.15) is 0 Å². The molecule has 0 spiro atoms. The Morgan fingerprint density at radius 3 is 1.64 bits per heavy atom. The van der Waals surface area contributed by atoms with Gasteiger partial charge in [0, 0.05) is 19.1 Å². The van der Waals surface area contributed by atoms with Crippen molar-refractivity contribution in [1.82, 2.24) is 0 Å². The summed E-state index contributed by atoms with van der Waals surface area (Å²) in [4.78, 5) is 11.2. The van der Waals surface area contributed by atoms with Crippen LogP contribution < -0.4 is 0 Å². The maximum absolute atomic E-state index is 11.2. The lowest BCUT2D eigenvalue weighted by Gasteiger charge is -2.06. The summed E-state index contributed by atoms with van der Waals surface area (Å²) in [6.07, 6.45) is 9.31. The van der Waals surface area contributed by atoms with Crippen LogP contribution in [0.2, 0.25) is 0 Å². The summed E-state index contributed by atoms with van der Waals surface area (Å²) in [5.41, 5.74) is 5.66. The van der Waals surface area contributed by atoms with Crippen molar-refractivity contribution in [3.8, 4) is 0 Å². The van der Waals surface area contributed by atoms with Gasteiger partial charge in [-0.1, -0.05) is 41.0 Å². The Bertz CT molecular complexity index is 534. The second-order valence-corrected chi connectivity index (χ2v) is 7.73. The SMILES string of the molecule is C=C(C)CCCC(=C)CCO.C=C(C)CCCC(=C)CCOC(=O)C=C(C)C. The lowest BCUT2D eigenvalue weighted by molar-refractivity contribution is -0.137. The minimum atomic E-state index is -0.264. The van der Waals surface area contributed by atoms with Crippen LogP contribution in [-0.2, 0) is 9.53 Å². The summed E-state index contributed by atoms with van der Waals surface area (Å²) in [6, 6.07) is 0. The summed E-state index contributed by atoms with van der Waals surface area (Å²) in [7, 11) is 0. The van der Waals surface area contributed by atoms with Gasteiger partial charge in [0.2, 0.25) is 0 Å². The lowest BCUT2D eigenvalue weighted by atomic mass is 10.1. The molecule has 0 aliphatic rings. The van der Waals surface area contributed by atoms with Gasteiger partial charge >= 0.3 is 5.97 Å². The number of hydrogen-bond acceptors (Lipinski definition) is 3. The number of allylic oxidation sites excluding steroid dienone is 3. The molecule has 0 unspecified atom stereocenters. The van der Waals surface area contributed by atoms with Gasteiger partial charge in [0.05, 0.1) is 6.61 Å². The number of aliphatic hydroxyl groups is 1. The normalized spacial score (nSPS) is 9.61. The van der Waals surface area contributed by atoms with E-state index in [-0.39, 0.29) is 12.6 Å². The monoisotopic (exact) mass is 390 g/mol. The molecular formula is C25H42O3. The van der Waals surface area contributed by atoms with E-state index in [4.69, 9.17) is 9.84 Å². The van der Waals surface area contributed by atoms with E-state index in [0.29, 0.717) is 6.61 Å². The van der Waals surface area contributed by atoms with Gasteiger partial charge in [-0.2, -0.15) is 0 Å². The quantitative estimate of drug-likeness (QED) is 0.200. The van der Waals surface area contributed by atoms with E-state index in [9.17, 15) is 4.79 Å². The maximum atomic E-state index is 11.2. The molecule has 0 aromatic rings. The number of esters is 1. The molecule has 0 fully saturated rings. The van der Waals surface area contributed by atoms with Crippen LogP contribution in [0.4, 0.5) is 0 Å². The molecule has 3 nitrogen and oxygen atoms in total. The van der Waals surface area contributed by atoms with Crippen molar-refractivity contribution in [2.75, 3.05) is 13.2 Å². The second kappa shape index (κ2) is 18.5. The predicted molar refractivity (Wildman–Crippen MR) is 122 cm³/mol. The molecular weight excluding hydrogens is 348 g/mol. The fourth-order valence-corrected chi connectivity index (χ4v) is 2.26. The first-order valence-electron chi connectivity index (χ1n) is 10.1. The Kier molecular flexibility index (Phi) is 18.7. The molecule has 0 aromatic heterocycles. The van der Waals surface area contributed by atoms with E-state index in [2.05, 4.69) is 26.3 Å². The number of ether oxygens (including phenoxy) is 1. The third kappa shape index (κ3) is 24.1. The summed E-state index contributed by atoms with van der Waals surface area (Å²) in [5.74, 6) is -0.264. The third-order valence-electron chi connectivity index (χ3n) is 3.84. The molecule has 0 radical (unpaired) electrons. The van der Waals surface area contributed by atoms with Gasteiger partial charge in [0.25, 0.3) is 0 Å². The first-order valence-corrected chi connectivity index (χ1v) is 10.1. The molecule has 160 valence electrons. The highest BCUT2D eigenvalue weighted by molar-refractivity contribution is 5.82. The van der Waals surface area contributed by atoms with E-state index < -0.39 is 0 Å². The highest BCUT2D eigenvalue weighted by Crippen LogP contribution is 2.12. The molecule has 0 atom stereocenters. The highest BCUT2D eigenvalue weighted by atomic mass is 16.5. The smallest absolute Gasteiger partial charge is 0.330 e. The average molecular weight is 391 g/mol. The zero-order valence-electron chi connectivity index (χ0n) is 18.7. The second-order valence-electron chi connectivity index (χ2n) is 7.73. The van der Waals surface area contributed by atoms with E-state index in [0.717, 1.165) is 68.1 Å². The van der Waals surface area contributed by atoms with E-state index >= 15 is 0 Å². The number of aliphatic hydroxyl groups excluding tert-OH is 1. The Morgan fingerprint density at radius 2 is 1.25 bits per heavy atom. The van der Waals surface area contributed by atoms with Crippen LogP contribution in [0.25, 0.3) is 0 Å². The molecule has 0 saturated carbocycles. The largest absolute Gasteiger partial charge is 0.462 e. The van der Waals surface area contributed by atoms with Crippen LogP contribution in [0, 0.1) is 0 Å². The van der Waals surface area contributed by atoms with Crippen LogP contribution in [0.3, 0.4) is 0 Å². The molecule has 0 amide bonds. The first kappa shape index (κ1) is 28.3. The number of carbonyl (C=O) groups is 1. The van der Waals surface area contributed by atoms with Gasteiger partial charge in [-0.05, 0) is 72.6 Å². The molecule has 0 heterocycles. The average Bonchev–Trinajstić information content (AvgIpc) is 2.54. The van der Waals surface area contributed by atoms with Crippen molar-refractivity contribution in [2.24, 2.45) is 0 Å². The summed E-state index contributed by atoms with van der Waals surface area (Å²) in [6.45, 7) is 24.0. The topological polar surface area (TPSA) is 46.5 Å². The molecule has 0 saturated heterocycles. The fourth-order valence-electron chi connectivity index (χ4n) is 2.26. The van der Waals surface area contributed by atoms with Gasteiger partial charge in [-0.15, -0.1) is 13.2 Å². The Balaban J connectivity index is 0.